The largest absolute Gasteiger partial charge is 0.456 e. The van der Waals surface area contributed by atoms with Gasteiger partial charge in [-0.15, -0.1) is 0 Å². The van der Waals surface area contributed by atoms with Gasteiger partial charge in [-0.1, -0.05) is 131 Å². The second-order valence-electron chi connectivity index (χ2n) is 22.1. The Bertz CT molecular complexity index is 3170. The number of benzene rings is 6. The van der Waals surface area contributed by atoms with Crippen molar-refractivity contribution in [1.82, 2.24) is 15.0 Å². The Labute approximate surface area is 395 Å². The first kappa shape index (κ1) is 42.0. The molecule has 0 spiro atoms. The van der Waals surface area contributed by atoms with Gasteiger partial charge in [0.25, 0.3) is 0 Å². The number of nitrogens with zero attached hydrogens (tertiary/aromatic N) is 4. The third-order valence-electron chi connectivity index (χ3n) is 16.7. The molecule has 0 radical (unpaired) electrons. The van der Waals surface area contributed by atoms with Crippen LogP contribution in [0.1, 0.15) is 109 Å². The van der Waals surface area contributed by atoms with E-state index in [9.17, 15) is 5.26 Å². The fraction of sp³-hybridized carbons (Fsp3) is 0.355. The second-order valence-corrected chi connectivity index (χ2v) is 22.1. The second kappa shape index (κ2) is 16.4. The molecule has 0 amide bonds. The molecule has 2 aromatic heterocycles. The fourth-order valence-corrected chi connectivity index (χ4v) is 14.7. The highest BCUT2D eigenvalue weighted by Gasteiger charge is 2.46. The molecule has 0 aliphatic heterocycles. The smallest absolute Gasteiger partial charge is 0.164 e. The van der Waals surface area contributed by atoms with E-state index in [1.54, 1.807) is 0 Å². The van der Waals surface area contributed by atoms with E-state index in [0.29, 0.717) is 28.6 Å². The standard InChI is InChI=1S/C62H60N4O/c1-38-25-43-26-39(2)32-61(31-38,35-43)49-20-16-45(17-21-49)51-11-5-6-12-53(51)60-65-58(46-18-22-50(23-19-46)62-33-40(3)27-44(36-62)28-41(4)34-62)64-59(66-60)48-10-7-9-47(30-48)52-13-8-14-55-57(52)54-24-15-42(37-63)29-56(54)67-55/h5-24,29-30,38-41,43-44H,25-28,31-36H2,1-4H3/t38-,39+,40-,41+,43?,44?,61?,62?. The van der Waals surface area contributed by atoms with Crippen molar-refractivity contribution in [2.45, 2.75) is 103 Å². The highest BCUT2D eigenvalue weighted by atomic mass is 16.3. The number of furan rings is 1. The molecule has 5 nitrogen and oxygen atoms in total. The highest BCUT2D eigenvalue weighted by molar-refractivity contribution is 6.12. The van der Waals surface area contributed by atoms with Crippen molar-refractivity contribution in [2.75, 3.05) is 0 Å². The lowest BCUT2D eigenvalue weighted by molar-refractivity contribution is 0.0779. The van der Waals surface area contributed by atoms with Crippen molar-refractivity contribution < 1.29 is 4.42 Å². The number of nitriles is 1. The van der Waals surface area contributed by atoms with E-state index in [1.165, 1.54) is 80.9 Å². The topological polar surface area (TPSA) is 75.6 Å². The van der Waals surface area contributed by atoms with Gasteiger partial charge in [-0.2, -0.15) is 5.26 Å². The highest BCUT2D eigenvalue weighted by Crippen LogP contribution is 2.56. The SMILES string of the molecule is C[C@@H]1CC2C[C@H](C)CC(c3ccc(-c4nc(-c5cccc(-c6cccc7oc8cc(C#N)ccc8c67)c5)nc(-c5ccccc5-c5ccc(C67CC(C[C@@H](C)C6)C[C@H](C)C7)cc5)n4)cc3)(C2)C1. The average Bonchev–Trinajstić information content (AvgIpc) is 3.71. The molecule has 334 valence electrons. The van der Waals surface area contributed by atoms with Crippen molar-refractivity contribution in [3.63, 3.8) is 0 Å². The lowest BCUT2D eigenvalue weighted by atomic mass is 9.54. The molecule has 4 fully saturated rings. The normalized spacial score (nSPS) is 26.9. The summed E-state index contributed by atoms with van der Waals surface area (Å²) >= 11 is 0. The van der Waals surface area contributed by atoms with Crippen LogP contribution in [0, 0.1) is 46.8 Å². The molecular weight excluding hydrogens is 817 g/mol. The van der Waals surface area contributed by atoms with E-state index < -0.39 is 0 Å². The lowest BCUT2D eigenvalue weighted by Gasteiger charge is -2.50. The van der Waals surface area contributed by atoms with Gasteiger partial charge in [0.2, 0.25) is 0 Å². The number of aromatic nitrogens is 3. The molecule has 12 rings (SSSR count). The summed E-state index contributed by atoms with van der Waals surface area (Å²) in [6.07, 6.45) is 13.2. The summed E-state index contributed by atoms with van der Waals surface area (Å²) < 4.78 is 6.31. The summed E-state index contributed by atoms with van der Waals surface area (Å²) in [4.78, 5) is 16.0. The molecule has 4 unspecified atom stereocenters. The first-order valence-corrected chi connectivity index (χ1v) is 25.1. The molecule has 2 heterocycles. The van der Waals surface area contributed by atoms with Crippen LogP contribution in [-0.4, -0.2) is 15.0 Å². The Hall–Kier alpha value is -6.38. The summed E-state index contributed by atoms with van der Waals surface area (Å²) in [5.74, 6) is 6.68. The van der Waals surface area contributed by atoms with Gasteiger partial charge in [0.05, 0.1) is 11.6 Å². The summed E-state index contributed by atoms with van der Waals surface area (Å²) in [6.45, 7) is 9.87. The zero-order chi connectivity index (χ0) is 45.4. The van der Waals surface area contributed by atoms with E-state index in [2.05, 4.69) is 137 Å². The third kappa shape index (κ3) is 7.58. The fourth-order valence-electron chi connectivity index (χ4n) is 14.7. The molecule has 67 heavy (non-hydrogen) atoms. The van der Waals surface area contributed by atoms with E-state index in [0.717, 1.165) is 85.2 Å². The van der Waals surface area contributed by atoms with Crippen LogP contribution >= 0.6 is 0 Å². The van der Waals surface area contributed by atoms with Gasteiger partial charge in [-0.3, -0.25) is 0 Å². The predicted octanol–water partition coefficient (Wildman–Crippen LogP) is 16.2. The minimum atomic E-state index is 0.246. The van der Waals surface area contributed by atoms with Gasteiger partial charge in [-0.25, -0.2) is 15.0 Å². The van der Waals surface area contributed by atoms with Gasteiger partial charge in [0.1, 0.15) is 11.2 Å². The monoisotopic (exact) mass is 876 g/mol. The van der Waals surface area contributed by atoms with Crippen molar-refractivity contribution in [2.24, 2.45) is 35.5 Å². The molecule has 8 aromatic rings. The Morgan fingerprint density at radius 2 is 0.985 bits per heavy atom. The van der Waals surface area contributed by atoms with Crippen LogP contribution < -0.4 is 0 Å². The van der Waals surface area contributed by atoms with Gasteiger partial charge in [-0.05, 0) is 174 Å². The number of rotatable bonds is 7. The van der Waals surface area contributed by atoms with E-state index >= 15 is 0 Å². The van der Waals surface area contributed by atoms with Crippen LogP contribution in [0.4, 0.5) is 0 Å². The Morgan fingerprint density at radius 3 is 1.60 bits per heavy atom. The van der Waals surface area contributed by atoms with Gasteiger partial charge < -0.3 is 4.42 Å². The molecule has 0 saturated heterocycles. The predicted molar refractivity (Wildman–Crippen MR) is 272 cm³/mol. The molecule has 6 aromatic carbocycles. The molecule has 5 heteroatoms. The first-order chi connectivity index (χ1) is 32.6. The first-order valence-electron chi connectivity index (χ1n) is 25.1. The molecule has 4 bridgehead atoms. The van der Waals surface area contributed by atoms with Crippen molar-refractivity contribution in [3.8, 4) is 62.5 Å². The Kier molecular flexibility index (Phi) is 10.3. The maximum absolute atomic E-state index is 9.60. The summed E-state index contributed by atoms with van der Waals surface area (Å²) in [5.41, 5.74) is 12.9. The summed E-state index contributed by atoms with van der Waals surface area (Å²) in [6, 6.07) is 50.2. The quantitative estimate of drug-likeness (QED) is 0.159. The van der Waals surface area contributed by atoms with Crippen molar-refractivity contribution in [1.29, 1.82) is 5.26 Å². The Balaban J connectivity index is 0.964. The molecule has 0 N–H and O–H groups in total. The van der Waals surface area contributed by atoms with Crippen LogP contribution in [0.3, 0.4) is 0 Å². The molecular formula is C62H60N4O. The number of hydrogen-bond acceptors (Lipinski definition) is 5. The third-order valence-corrected chi connectivity index (χ3v) is 16.7. The zero-order valence-corrected chi connectivity index (χ0v) is 39.4. The molecule has 4 aliphatic rings. The Morgan fingerprint density at radius 1 is 0.463 bits per heavy atom. The summed E-state index contributed by atoms with van der Waals surface area (Å²) in [7, 11) is 0. The van der Waals surface area contributed by atoms with Crippen molar-refractivity contribution >= 4 is 21.9 Å². The van der Waals surface area contributed by atoms with Crippen LogP contribution in [0.2, 0.25) is 0 Å². The number of hydrogen-bond donors (Lipinski definition) is 0. The van der Waals surface area contributed by atoms with Gasteiger partial charge in [0, 0.05) is 27.5 Å². The van der Waals surface area contributed by atoms with Crippen molar-refractivity contribution in [3.05, 3.63) is 150 Å². The summed E-state index contributed by atoms with van der Waals surface area (Å²) in [5, 5.41) is 11.6. The van der Waals surface area contributed by atoms with E-state index in [1.807, 2.05) is 30.3 Å². The van der Waals surface area contributed by atoms with E-state index in [-0.39, 0.29) is 10.8 Å². The minimum Gasteiger partial charge on any atom is -0.456 e. The lowest BCUT2D eigenvalue weighted by Crippen LogP contribution is -2.42. The maximum atomic E-state index is 9.60. The van der Waals surface area contributed by atoms with Gasteiger partial charge >= 0.3 is 0 Å². The van der Waals surface area contributed by atoms with Crippen LogP contribution in [0.5, 0.6) is 0 Å². The average molecular weight is 877 g/mol. The number of fused-ring (bicyclic) bond motifs is 7. The van der Waals surface area contributed by atoms with Crippen LogP contribution in [0.25, 0.3) is 78.4 Å². The maximum Gasteiger partial charge on any atom is 0.164 e. The zero-order valence-electron chi connectivity index (χ0n) is 39.4. The molecule has 4 saturated carbocycles. The van der Waals surface area contributed by atoms with Gasteiger partial charge in [0.15, 0.2) is 17.5 Å². The minimum absolute atomic E-state index is 0.246. The van der Waals surface area contributed by atoms with Crippen LogP contribution in [0.15, 0.2) is 138 Å². The molecule has 8 atom stereocenters. The van der Waals surface area contributed by atoms with E-state index in [4.69, 9.17) is 19.4 Å². The molecule has 4 aliphatic carbocycles. The van der Waals surface area contributed by atoms with Crippen LogP contribution in [-0.2, 0) is 10.8 Å².